The molecule has 0 fully saturated rings. The Morgan fingerprint density at radius 1 is 0.950 bits per heavy atom. The summed E-state index contributed by atoms with van der Waals surface area (Å²) in [4.78, 5) is 0. The number of aliphatic hydroxyl groups is 1. The van der Waals surface area contributed by atoms with Gasteiger partial charge in [0.2, 0.25) is 0 Å². The Balaban J connectivity index is 2.21. The maximum Gasteiger partial charge on any atom is 0.0726 e. The van der Waals surface area contributed by atoms with Gasteiger partial charge in [-0.25, -0.2) is 0 Å². The van der Waals surface area contributed by atoms with Gasteiger partial charge in [0.1, 0.15) is 0 Å². The van der Waals surface area contributed by atoms with Crippen LogP contribution >= 0.6 is 23.2 Å². The van der Waals surface area contributed by atoms with Crippen LogP contribution < -0.4 is 0 Å². The summed E-state index contributed by atoms with van der Waals surface area (Å²) < 4.78 is 0. The zero-order chi connectivity index (χ0) is 14.6. The van der Waals surface area contributed by atoms with Gasteiger partial charge in [-0.2, -0.15) is 0 Å². The predicted octanol–water partition coefficient (Wildman–Crippen LogP) is 4.92. The summed E-state index contributed by atoms with van der Waals surface area (Å²) in [6.45, 7) is 1.99. The first-order valence-corrected chi connectivity index (χ1v) is 7.49. The molecule has 1 N–H and O–H groups in total. The Labute approximate surface area is 130 Å². The van der Waals surface area contributed by atoms with E-state index in [1.165, 1.54) is 0 Å². The number of benzene rings is 2. The standard InChI is InChI=1S/C17H18Cl2O/c1-2-17(20,11-13-7-4-3-5-8-13)12-14-9-6-10-15(18)16(14)19/h3-10,20H,2,11-12H2,1H3. The van der Waals surface area contributed by atoms with Gasteiger partial charge >= 0.3 is 0 Å². The third kappa shape index (κ3) is 3.76. The van der Waals surface area contributed by atoms with Crippen LogP contribution in [0.4, 0.5) is 0 Å². The SMILES string of the molecule is CCC(O)(Cc1ccccc1)Cc1cccc(Cl)c1Cl. The molecule has 2 rings (SSSR count). The molecule has 0 spiro atoms. The third-order valence-corrected chi connectivity index (χ3v) is 4.44. The minimum atomic E-state index is -0.810. The van der Waals surface area contributed by atoms with Crippen molar-refractivity contribution in [2.24, 2.45) is 0 Å². The van der Waals surface area contributed by atoms with Gasteiger partial charge in [0.05, 0.1) is 15.6 Å². The number of hydrogen-bond donors (Lipinski definition) is 1. The normalized spacial score (nSPS) is 14.0. The second-order valence-electron chi connectivity index (χ2n) is 5.13. The topological polar surface area (TPSA) is 20.2 Å². The minimum Gasteiger partial charge on any atom is -0.389 e. The summed E-state index contributed by atoms with van der Waals surface area (Å²) in [6.07, 6.45) is 1.76. The lowest BCUT2D eigenvalue weighted by molar-refractivity contribution is 0.0369. The average Bonchev–Trinajstić information content (AvgIpc) is 2.45. The minimum absolute atomic E-state index is 0.498. The lowest BCUT2D eigenvalue weighted by Crippen LogP contribution is -2.33. The van der Waals surface area contributed by atoms with Crippen molar-refractivity contribution in [2.45, 2.75) is 31.8 Å². The molecular formula is C17H18Cl2O. The first-order valence-electron chi connectivity index (χ1n) is 6.73. The molecule has 1 nitrogen and oxygen atoms in total. The van der Waals surface area contributed by atoms with E-state index in [4.69, 9.17) is 23.2 Å². The lowest BCUT2D eigenvalue weighted by atomic mass is 9.86. The average molecular weight is 309 g/mol. The summed E-state index contributed by atoms with van der Waals surface area (Å²) >= 11 is 12.2. The monoisotopic (exact) mass is 308 g/mol. The predicted molar refractivity (Wildman–Crippen MR) is 85.6 cm³/mol. The van der Waals surface area contributed by atoms with Crippen molar-refractivity contribution >= 4 is 23.2 Å². The summed E-state index contributed by atoms with van der Waals surface area (Å²) in [6, 6.07) is 15.5. The van der Waals surface area contributed by atoms with Crippen LogP contribution in [0.5, 0.6) is 0 Å². The van der Waals surface area contributed by atoms with Crippen LogP contribution in [0.15, 0.2) is 48.5 Å². The lowest BCUT2D eigenvalue weighted by Gasteiger charge is -2.27. The third-order valence-electron chi connectivity index (χ3n) is 3.59. The fourth-order valence-electron chi connectivity index (χ4n) is 2.33. The van der Waals surface area contributed by atoms with E-state index >= 15 is 0 Å². The van der Waals surface area contributed by atoms with Crippen molar-refractivity contribution in [3.05, 3.63) is 69.7 Å². The molecule has 0 aliphatic carbocycles. The van der Waals surface area contributed by atoms with Crippen LogP contribution in [0.2, 0.25) is 10.0 Å². The highest BCUT2D eigenvalue weighted by Crippen LogP contribution is 2.30. The highest BCUT2D eigenvalue weighted by Gasteiger charge is 2.26. The molecule has 0 bridgehead atoms. The fraction of sp³-hybridized carbons (Fsp3) is 0.294. The van der Waals surface area contributed by atoms with Crippen LogP contribution in [0.3, 0.4) is 0 Å². The molecule has 0 aromatic heterocycles. The maximum atomic E-state index is 10.8. The van der Waals surface area contributed by atoms with Gasteiger partial charge in [-0.15, -0.1) is 0 Å². The van der Waals surface area contributed by atoms with Crippen LogP contribution in [0.25, 0.3) is 0 Å². The Hall–Kier alpha value is -1.02. The molecule has 0 aliphatic rings. The molecule has 1 unspecified atom stereocenters. The van der Waals surface area contributed by atoms with Crippen molar-refractivity contribution in [2.75, 3.05) is 0 Å². The van der Waals surface area contributed by atoms with Crippen molar-refractivity contribution in [3.8, 4) is 0 Å². The van der Waals surface area contributed by atoms with Gasteiger partial charge in [-0.05, 0) is 23.6 Å². The van der Waals surface area contributed by atoms with Gasteiger partial charge < -0.3 is 5.11 Å². The Bertz CT molecular complexity index is 568. The summed E-state index contributed by atoms with van der Waals surface area (Å²) in [7, 11) is 0. The molecule has 2 aromatic rings. The molecule has 2 aromatic carbocycles. The Kier molecular flexibility index (Phi) is 5.09. The van der Waals surface area contributed by atoms with E-state index in [1.54, 1.807) is 6.07 Å². The molecule has 20 heavy (non-hydrogen) atoms. The zero-order valence-electron chi connectivity index (χ0n) is 11.4. The number of hydrogen-bond acceptors (Lipinski definition) is 1. The summed E-state index contributed by atoms with van der Waals surface area (Å²) in [5, 5.41) is 11.9. The molecule has 1 atom stereocenters. The van der Waals surface area contributed by atoms with E-state index in [0.717, 1.165) is 11.1 Å². The van der Waals surface area contributed by atoms with Crippen LogP contribution in [0.1, 0.15) is 24.5 Å². The maximum absolute atomic E-state index is 10.8. The van der Waals surface area contributed by atoms with Gasteiger partial charge in [-0.1, -0.05) is 72.6 Å². The van der Waals surface area contributed by atoms with Crippen molar-refractivity contribution in [1.82, 2.24) is 0 Å². The summed E-state index contributed by atoms with van der Waals surface area (Å²) in [5.41, 5.74) is 1.20. The Morgan fingerprint density at radius 2 is 1.65 bits per heavy atom. The second kappa shape index (κ2) is 6.62. The number of halogens is 2. The molecule has 0 saturated carbocycles. The molecule has 0 saturated heterocycles. The van der Waals surface area contributed by atoms with Gasteiger partial charge in [0.25, 0.3) is 0 Å². The van der Waals surface area contributed by atoms with Crippen molar-refractivity contribution in [3.63, 3.8) is 0 Å². The van der Waals surface area contributed by atoms with E-state index in [9.17, 15) is 5.11 Å². The first kappa shape index (κ1) is 15.4. The molecule has 0 radical (unpaired) electrons. The van der Waals surface area contributed by atoms with Crippen LogP contribution in [0, 0.1) is 0 Å². The van der Waals surface area contributed by atoms with Gasteiger partial charge in [-0.3, -0.25) is 0 Å². The smallest absolute Gasteiger partial charge is 0.0726 e. The molecule has 0 aliphatic heterocycles. The quantitative estimate of drug-likeness (QED) is 0.831. The van der Waals surface area contributed by atoms with Gasteiger partial charge in [0.15, 0.2) is 0 Å². The van der Waals surface area contributed by atoms with Crippen molar-refractivity contribution in [1.29, 1.82) is 0 Å². The molecule has 0 heterocycles. The molecular weight excluding hydrogens is 291 g/mol. The van der Waals surface area contributed by atoms with E-state index in [-0.39, 0.29) is 0 Å². The second-order valence-corrected chi connectivity index (χ2v) is 5.92. The number of rotatable bonds is 5. The molecule has 106 valence electrons. The van der Waals surface area contributed by atoms with E-state index in [0.29, 0.717) is 29.3 Å². The van der Waals surface area contributed by atoms with E-state index in [2.05, 4.69) is 0 Å². The fourth-order valence-corrected chi connectivity index (χ4v) is 2.71. The first-order chi connectivity index (χ1) is 9.54. The van der Waals surface area contributed by atoms with Crippen LogP contribution in [-0.4, -0.2) is 10.7 Å². The van der Waals surface area contributed by atoms with E-state index < -0.39 is 5.60 Å². The highest BCUT2D eigenvalue weighted by atomic mass is 35.5. The van der Waals surface area contributed by atoms with Gasteiger partial charge in [0, 0.05) is 12.8 Å². The van der Waals surface area contributed by atoms with Crippen molar-refractivity contribution < 1.29 is 5.11 Å². The highest BCUT2D eigenvalue weighted by molar-refractivity contribution is 6.42. The molecule has 0 amide bonds. The molecule has 3 heteroatoms. The zero-order valence-corrected chi connectivity index (χ0v) is 13.0. The van der Waals surface area contributed by atoms with Crippen LogP contribution in [-0.2, 0) is 12.8 Å². The Morgan fingerprint density at radius 3 is 2.30 bits per heavy atom. The van der Waals surface area contributed by atoms with E-state index in [1.807, 2.05) is 49.4 Å². The largest absolute Gasteiger partial charge is 0.389 e. The summed E-state index contributed by atoms with van der Waals surface area (Å²) in [5.74, 6) is 0.